The number of pyridine rings is 1. The maximum atomic E-state index is 12.0. The fourth-order valence-electron chi connectivity index (χ4n) is 5.05. The maximum absolute atomic E-state index is 12.0. The maximum Gasteiger partial charge on any atom is 0.224 e. The van der Waals surface area contributed by atoms with Crippen molar-refractivity contribution in [3.8, 4) is 5.75 Å². The van der Waals surface area contributed by atoms with Gasteiger partial charge in [0.25, 0.3) is 0 Å². The number of rotatable bonds is 8. The fourth-order valence-corrected chi connectivity index (χ4v) is 5.40. The van der Waals surface area contributed by atoms with Crippen molar-refractivity contribution < 1.29 is 13.9 Å². The van der Waals surface area contributed by atoms with E-state index >= 15 is 0 Å². The molecule has 0 radical (unpaired) electrons. The Hall–Kier alpha value is -4.11. The summed E-state index contributed by atoms with van der Waals surface area (Å²) in [6.07, 6.45) is 3.88. The molecule has 1 fully saturated rings. The summed E-state index contributed by atoms with van der Waals surface area (Å²) in [5, 5.41) is 7.02. The number of nitrogens with one attached hydrogen (secondary N) is 2. The third-order valence-corrected chi connectivity index (χ3v) is 7.30. The lowest BCUT2D eigenvalue weighted by Gasteiger charge is -2.29. The zero-order valence-electron chi connectivity index (χ0n) is 21.9. The van der Waals surface area contributed by atoms with E-state index in [0.717, 1.165) is 34.1 Å². The van der Waals surface area contributed by atoms with Gasteiger partial charge in [-0.2, -0.15) is 0 Å². The zero-order chi connectivity index (χ0) is 26.8. The highest BCUT2D eigenvalue weighted by Gasteiger charge is 2.42. The summed E-state index contributed by atoms with van der Waals surface area (Å²) in [5.74, 6) is 1.38. The molecule has 1 aliphatic rings. The summed E-state index contributed by atoms with van der Waals surface area (Å²) >= 11 is 5.91. The van der Waals surface area contributed by atoms with E-state index in [-0.39, 0.29) is 18.0 Å². The number of methoxy groups -OCH3 is 1. The molecule has 196 valence electrons. The molecule has 0 bridgehead atoms. The van der Waals surface area contributed by atoms with Crippen LogP contribution in [0.25, 0.3) is 0 Å². The van der Waals surface area contributed by atoms with E-state index in [9.17, 15) is 4.79 Å². The lowest BCUT2D eigenvalue weighted by molar-refractivity contribution is -0.115. The van der Waals surface area contributed by atoms with Gasteiger partial charge in [-0.1, -0.05) is 13.0 Å². The number of hydrogen-bond acceptors (Lipinski definition) is 5. The van der Waals surface area contributed by atoms with Gasteiger partial charge in [0.2, 0.25) is 5.91 Å². The van der Waals surface area contributed by atoms with Crippen LogP contribution in [0.4, 0.5) is 11.4 Å². The second kappa shape index (κ2) is 10.7. The first-order chi connectivity index (χ1) is 18.4. The number of hydrogen-bond donors (Lipinski definition) is 2. The van der Waals surface area contributed by atoms with Crippen LogP contribution < -0.4 is 20.3 Å². The third kappa shape index (κ3) is 4.77. The SMILES string of the molecule is CCC(=O)Nc1ccc(N2C(=S)NC(c3ccccn3)C2c2cc(C)n(Cc3ccco3)c2C)cc1OC. The molecule has 1 saturated heterocycles. The van der Waals surface area contributed by atoms with Gasteiger partial charge in [-0.3, -0.25) is 9.78 Å². The lowest BCUT2D eigenvalue weighted by atomic mass is 9.96. The van der Waals surface area contributed by atoms with Crippen LogP contribution in [-0.4, -0.2) is 27.7 Å². The Morgan fingerprint density at radius 2 is 2.03 bits per heavy atom. The highest BCUT2D eigenvalue weighted by atomic mass is 32.1. The van der Waals surface area contributed by atoms with Crippen molar-refractivity contribution in [2.24, 2.45) is 0 Å². The lowest BCUT2D eigenvalue weighted by Crippen LogP contribution is -2.29. The van der Waals surface area contributed by atoms with E-state index in [1.165, 1.54) is 0 Å². The monoisotopic (exact) mass is 529 g/mol. The molecule has 0 aliphatic carbocycles. The van der Waals surface area contributed by atoms with Crippen LogP contribution in [0.3, 0.4) is 0 Å². The average Bonchev–Trinajstić information content (AvgIpc) is 3.64. The molecular formula is C29H31N5O3S. The van der Waals surface area contributed by atoms with Crippen molar-refractivity contribution in [3.05, 3.63) is 95.5 Å². The number of amides is 1. The van der Waals surface area contributed by atoms with Gasteiger partial charge in [0, 0.05) is 35.8 Å². The number of anilines is 2. The van der Waals surface area contributed by atoms with Crippen LogP contribution in [0.2, 0.25) is 0 Å². The Bertz CT molecular complexity index is 1450. The normalized spacial score (nSPS) is 16.9. The first kappa shape index (κ1) is 25.5. The molecule has 5 rings (SSSR count). The molecule has 1 aromatic carbocycles. The van der Waals surface area contributed by atoms with Crippen molar-refractivity contribution in [1.29, 1.82) is 0 Å². The minimum Gasteiger partial charge on any atom is -0.494 e. The summed E-state index contributed by atoms with van der Waals surface area (Å²) in [5.41, 5.74) is 5.77. The summed E-state index contributed by atoms with van der Waals surface area (Å²) in [6.45, 7) is 6.69. The van der Waals surface area contributed by atoms with Gasteiger partial charge in [0.1, 0.15) is 11.5 Å². The van der Waals surface area contributed by atoms with Crippen molar-refractivity contribution in [2.45, 2.75) is 45.8 Å². The molecule has 38 heavy (non-hydrogen) atoms. The van der Waals surface area contributed by atoms with Crippen molar-refractivity contribution >= 4 is 34.6 Å². The number of furan rings is 1. The smallest absolute Gasteiger partial charge is 0.224 e. The Labute approximate surface area is 227 Å². The number of nitrogens with zero attached hydrogens (tertiary/aromatic N) is 3. The summed E-state index contributed by atoms with van der Waals surface area (Å²) in [6, 6.07) is 17.4. The molecule has 0 spiro atoms. The summed E-state index contributed by atoms with van der Waals surface area (Å²) < 4.78 is 13.5. The van der Waals surface area contributed by atoms with Crippen molar-refractivity contribution in [2.75, 3.05) is 17.3 Å². The van der Waals surface area contributed by atoms with Gasteiger partial charge >= 0.3 is 0 Å². The Kier molecular flexibility index (Phi) is 7.20. The number of carbonyl (C=O) groups excluding carboxylic acids is 1. The molecule has 2 N–H and O–H groups in total. The van der Waals surface area contributed by atoms with E-state index in [2.05, 4.69) is 45.0 Å². The number of aromatic nitrogens is 2. The second-order valence-corrected chi connectivity index (χ2v) is 9.66. The Balaban J connectivity index is 1.60. The van der Waals surface area contributed by atoms with Gasteiger partial charge in [-0.15, -0.1) is 0 Å². The van der Waals surface area contributed by atoms with E-state index in [0.29, 0.717) is 29.5 Å². The van der Waals surface area contributed by atoms with Crippen LogP contribution in [-0.2, 0) is 11.3 Å². The van der Waals surface area contributed by atoms with Crippen LogP contribution in [0.15, 0.2) is 71.5 Å². The predicted octanol–water partition coefficient (Wildman–Crippen LogP) is 5.68. The van der Waals surface area contributed by atoms with E-state index < -0.39 is 0 Å². The van der Waals surface area contributed by atoms with Crippen molar-refractivity contribution in [3.63, 3.8) is 0 Å². The molecule has 4 aromatic rings. The average molecular weight is 530 g/mol. The number of ether oxygens (including phenoxy) is 1. The Morgan fingerprint density at radius 1 is 1.18 bits per heavy atom. The van der Waals surface area contributed by atoms with E-state index in [4.69, 9.17) is 21.4 Å². The van der Waals surface area contributed by atoms with Gasteiger partial charge in [0.05, 0.1) is 43.4 Å². The quantitative estimate of drug-likeness (QED) is 0.284. The molecule has 3 aromatic heterocycles. The number of thiocarbonyl (C=S) groups is 1. The van der Waals surface area contributed by atoms with Crippen LogP contribution in [0, 0.1) is 13.8 Å². The largest absolute Gasteiger partial charge is 0.494 e. The Morgan fingerprint density at radius 3 is 2.71 bits per heavy atom. The predicted molar refractivity (Wildman–Crippen MR) is 152 cm³/mol. The van der Waals surface area contributed by atoms with E-state index in [1.807, 2.05) is 55.5 Å². The first-order valence-corrected chi connectivity index (χ1v) is 13.0. The second-order valence-electron chi connectivity index (χ2n) is 9.27. The first-order valence-electron chi connectivity index (χ1n) is 12.6. The van der Waals surface area contributed by atoms with Crippen LogP contribution in [0.1, 0.15) is 53.8 Å². The molecule has 2 atom stereocenters. The van der Waals surface area contributed by atoms with Gasteiger partial charge in [0.15, 0.2) is 5.11 Å². The van der Waals surface area contributed by atoms with Crippen LogP contribution >= 0.6 is 12.2 Å². The fraction of sp³-hybridized carbons (Fsp3) is 0.276. The molecule has 2 unspecified atom stereocenters. The molecule has 1 aliphatic heterocycles. The van der Waals surface area contributed by atoms with Gasteiger partial charge in [-0.25, -0.2) is 0 Å². The highest BCUT2D eigenvalue weighted by Crippen LogP contribution is 2.44. The minimum atomic E-state index is -0.174. The molecule has 1 amide bonds. The minimum absolute atomic E-state index is 0.0773. The van der Waals surface area contributed by atoms with Gasteiger partial charge in [-0.05, 0) is 74.1 Å². The van der Waals surface area contributed by atoms with Gasteiger partial charge < -0.3 is 29.3 Å². The zero-order valence-corrected chi connectivity index (χ0v) is 22.7. The van der Waals surface area contributed by atoms with Crippen molar-refractivity contribution in [1.82, 2.24) is 14.9 Å². The molecule has 9 heteroatoms. The number of carbonyl (C=O) groups is 1. The molecular weight excluding hydrogens is 498 g/mol. The number of aryl methyl sites for hydroxylation is 1. The van der Waals surface area contributed by atoms with Crippen LogP contribution in [0.5, 0.6) is 5.75 Å². The molecule has 8 nitrogen and oxygen atoms in total. The topological polar surface area (TPSA) is 84.6 Å². The molecule has 4 heterocycles. The number of benzene rings is 1. The van der Waals surface area contributed by atoms with E-state index in [1.54, 1.807) is 19.6 Å². The highest BCUT2D eigenvalue weighted by molar-refractivity contribution is 7.80. The third-order valence-electron chi connectivity index (χ3n) is 6.98. The summed E-state index contributed by atoms with van der Waals surface area (Å²) in [4.78, 5) is 18.8. The summed E-state index contributed by atoms with van der Waals surface area (Å²) in [7, 11) is 1.59. The standard InChI is InChI=1S/C29H31N5O3S/c1-5-26(35)31-23-12-11-20(16-25(23)36-4)34-28(27(32-29(34)38)24-10-6-7-13-30-24)22-15-18(2)33(19(22)3)17-21-9-8-14-37-21/h6-16,27-28H,5,17H2,1-4H3,(H,31,35)(H,32,38). The molecule has 0 saturated carbocycles.